The predicted molar refractivity (Wildman–Crippen MR) is 67.8 cm³/mol. The topological polar surface area (TPSA) is 60.7 Å². The Hall–Kier alpha value is -1.75. The van der Waals surface area contributed by atoms with Crippen molar-refractivity contribution in [3.05, 3.63) is 40.2 Å². The lowest BCUT2D eigenvalue weighted by Gasteiger charge is -2.01. The summed E-state index contributed by atoms with van der Waals surface area (Å²) in [6.07, 6.45) is 1.78. The average Bonchev–Trinajstić information content (AvgIpc) is 2.56. The van der Waals surface area contributed by atoms with Crippen LogP contribution in [0.4, 0.5) is 0 Å². The molecule has 0 radical (unpaired) electrons. The van der Waals surface area contributed by atoms with E-state index in [-0.39, 0.29) is 12.2 Å². The van der Waals surface area contributed by atoms with Gasteiger partial charge in [0.1, 0.15) is 16.7 Å². The van der Waals surface area contributed by atoms with Crippen LogP contribution in [0.25, 0.3) is 0 Å². The molecule has 18 heavy (non-hydrogen) atoms. The maximum absolute atomic E-state index is 12.1. The quantitative estimate of drug-likeness (QED) is 0.795. The predicted octanol–water partition coefficient (Wildman–Crippen LogP) is 1.91. The number of nitrogens with zero attached hydrogens (tertiary/aromatic N) is 4. The summed E-state index contributed by atoms with van der Waals surface area (Å²) >= 11 is 6.09. The minimum absolute atomic E-state index is 0.0847. The molecule has 0 spiro atoms. The van der Waals surface area contributed by atoms with Gasteiger partial charge in [0.15, 0.2) is 5.78 Å². The Labute approximate surface area is 110 Å². The van der Waals surface area contributed by atoms with Crippen molar-refractivity contribution < 1.29 is 4.79 Å². The van der Waals surface area contributed by atoms with Crippen molar-refractivity contribution >= 4 is 17.4 Å². The van der Waals surface area contributed by atoms with Crippen LogP contribution in [-0.2, 0) is 13.5 Å². The number of halogens is 1. The zero-order valence-electron chi connectivity index (χ0n) is 10.4. The molecule has 5 nitrogen and oxygen atoms in total. The Morgan fingerprint density at radius 3 is 2.72 bits per heavy atom. The van der Waals surface area contributed by atoms with Gasteiger partial charge in [0.2, 0.25) is 0 Å². The van der Waals surface area contributed by atoms with Gasteiger partial charge < -0.3 is 0 Å². The lowest BCUT2D eigenvalue weighted by Crippen LogP contribution is -2.08. The number of ketones is 1. The van der Waals surface area contributed by atoms with E-state index in [0.717, 1.165) is 11.3 Å². The fourth-order valence-corrected chi connectivity index (χ4v) is 1.98. The van der Waals surface area contributed by atoms with Gasteiger partial charge in [-0.1, -0.05) is 11.6 Å². The highest BCUT2D eigenvalue weighted by Gasteiger charge is 2.17. The first kappa shape index (κ1) is 12.7. The van der Waals surface area contributed by atoms with Gasteiger partial charge in [0.25, 0.3) is 0 Å². The summed E-state index contributed by atoms with van der Waals surface area (Å²) in [6, 6.07) is 1.61. The number of carbonyl (C=O) groups excluding carboxylic acids is 1. The van der Waals surface area contributed by atoms with Crippen LogP contribution in [0.1, 0.15) is 27.6 Å². The van der Waals surface area contributed by atoms with Gasteiger partial charge in [-0.15, -0.1) is 0 Å². The van der Waals surface area contributed by atoms with Crippen LogP contribution >= 0.6 is 11.6 Å². The molecule has 2 aromatic heterocycles. The van der Waals surface area contributed by atoms with Gasteiger partial charge in [0.05, 0.1) is 5.69 Å². The highest BCUT2D eigenvalue weighted by Crippen LogP contribution is 2.20. The van der Waals surface area contributed by atoms with Crippen LogP contribution < -0.4 is 0 Å². The molecule has 94 valence electrons. The number of Topliss-reactive ketones (excluding diaryl/α,β-unsaturated/α-hetero) is 1. The molecule has 0 atom stereocenters. The van der Waals surface area contributed by atoms with E-state index < -0.39 is 0 Å². The van der Waals surface area contributed by atoms with Crippen molar-refractivity contribution in [3.8, 4) is 0 Å². The fourth-order valence-electron chi connectivity index (χ4n) is 1.74. The van der Waals surface area contributed by atoms with E-state index in [1.165, 1.54) is 0 Å². The first-order valence-electron chi connectivity index (χ1n) is 5.50. The molecular weight excluding hydrogens is 252 g/mol. The maximum Gasteiger partial charge on any atom is 0.185 e. The van der Waals surface area contributed by atoms with Gasteiger partial charge in [0, 0.05) is 25.2 Å². The minimum Gasteiger partial charge on any atom is -0.292 e. The first-order valence-corrected chi connectivity index (χ1v) is 5.87. The third-order valence-electron chi connectivity index (χ3n) is 2.67. The summed E-state index contributed by atoms with van der Waals surface area (Å²) in [4.78, 5) is 20.2. The molecule has 0 saturated heterocycles. The highest BCUT2D eigenvalue weighted by atomic mass is 35.5. The van der Waals surface area contributed by atoms with Gasteiger partial charge >= 0.3 is 0 Å². The fraction of sp³-hybridized carbons (Fsp3) is 0.333. The average molecular weight is 265 g/mol. The lowest BCUT2D eigenvalue weighted by molar-refractivity contribution is 0.0987. The first-order chi connectivity index (χ1) is 8.49. The molecule has 0 aromatic carbocycles. The van der Waals surface area contributed by atoms with E-state index in [1.807, 2.05) is 6.92 Å². The van der Waals surface area contributed by atoms with Gasteiger partial charge in [-0.05, 0) is 19.9 Å². The summed E-state index contributed by atoms with van der Waals surface area (Å²) < 4.78 is 1.56. The SMILES string of the molecule is Cc1nccc(C(=O)Cc2c(C)nn(C)c2Cl)n1. The summed E-state index contributed by atoms with van der Waals surface area (Å²) in [5, 5.41) is 4.67. The van der Waals surface area contributed by atoms with E-state index in [2.05, 4.69) is 15.1 Å². The molecule has 2 heterocycles. The molecule has 2 aromatic rings. The van der Waals surface area contributed by atoms with Crippen molar-refractivity contribution in [2.45, 2.75) is 20.3 Å². The van der Waals surface area contributed by atoms with E-state index in [4.69, 9.17) is 11.6 Å². The van der Waals surface area contributed by atoms with Crippen molar-refractivity contribution in [2.75, 3.05) is 0 Å². The molecule has 0 aliphatic rings. The van der Waals surface area contributed by atoms with Crippen LogP contribution in [0.15, 0.2) is 12.3 Å². The summed E-state index contributed by atoms with van der Waals surface area (Å²) in [7, 11) is 1.75. The van der Waals surface area contributed by atoms with Gasteiger partial charge in [-0.3, -0.25) is 9.48 Å². The standard InChI is InChI=1S/C12H13ClN4O/c1-7-9(12(13)17(3)16-7)6-11(18)10-4-5-14-8(2)15-10/h4-5H,6H2,1-3H3. The zero-order chi connectivity index (χ0) is 13.3. The van der Waals surface area contributed by atoms with E-state index in [9.17, 15) is 4.79 Å². The number of aryl methyl sites for hydroxylation is 3. The van der Waals surface area contributed by atoms with Crippen molar-refractivity contribution in [1.82, 2.24) is 19.7 Å². The third kappa shape index (κ3) is 2.41. The number of rotatable bonds is 3. The van der Waals surface area contributed by atoms with Crippen LogP contribution in [0, 0.1) is 13.8 Å². The Bertz CT molecular complexity index is 606. The monoisotopic (exact) mass is 264 g/mol. The zero-order valence-corrected chi connectivity index (χ0v) is 11.2. The Morgan fingerprint density at radius 2 is 2.17 bits per heavy atom. The number of hydrogen-bond acceptors (Lipinski definition) is 4. The summed E-state index contributed by atoms with van der Waals surface area (Å²) in [5.41, 5.74) is 1.92. The molecule has 0 aliphatic carbocycles. The second kappa shape index (κ2) is 4.86. The van der Waals surface area contributed by atoms with E-state index >= 15 is 0 Å². The van der Waals surface area contributed by atoms with Crippen LogP contribution in [0.2, 0.25) is 5.15 Å². The van der Waals surface area contributed by atoms with Crippen molar-refractivity contribution in [3.63, 3.8) is 0 Å². The molecule has 6 heteroatoms. The molecule has 0 saturated carbocycles. The molecule has 0 aliphatic heterocycles. The smallest absolute Gasteiger partial charge is 0.185 e. The number of carbonyl (C=O) groups is 1. The normalized spacial score (nSPS) is 10.7. The van der Waals surface area contributed by atoms with Crippen molar-refractivity contribution in [2.24, 2.45) is 7.05 Å². The minimum atomic E-state index is -0.0847. The van der Waals surface area contributed by atoms with E-state index in [1.54, 1.807) is 30.9 Å². The molecule has 0 N–H and O–H groups in total. The van der Waals surface area contributed by atoms with Gasteiger partial charge in [-0.25, -0.2) is 9.97 Å². The Kier molecular flexibility index (Phi) is 3.43. The van der Waals surface area contributed by atoms with Crippen LogP contribution in [0.5, 0.6) is 0 Å². The number of hydrogen-bond donors (Lipinski definition) is 0. The van der Waals surface area contributed by atoms with Crippen LogP contribution in [-0.4, -0.2) is 25.5 Å². The summed E-state index contributed by atoms with van der Waals surface area (Å²) in [6.45, 7) is 3.58. The molecular formula is C12H13ClN4O. The molecule has 0 fully saturated rings. The molecule has 0 bridgehead atoms. The number of aromatic nitrogens is 4. The molecule has 0 amide bonds. The second-order valence-corrected chi connectivity index (χ2v) is 4.43. The Morgan fingerprint density at radius 1 is 1.44 bits per heavy atom. The molecule has 0 unspecified atom stereocenters. The summed E-state index contributed by atoms with van der Waals surface area (Å²) in [5.74, 6) is 0.494. The second-order valence-electron chi connectivity index (χ2n) is 4.07. The highest BCUT2D eigenvalue weighted by molar-refractivity contribution is 6.30. The Balaban J connectivity index is 2.27. The lowest BCUT2D eigenvalue weighted by atomic mass is 10.1. The third-order valence-corrected chi connectivity index (χ3v) is 3.14. The maximum atomic E-state index is 12.1. The molecule has 2 rings (SSSR count). The van der Waals surface area contributed by atoms with E-state index in [0.29, 0.717) is 16.7 Å². The van der Waals surface area contributed by atoms with Crippen molar-refractivity contribution in [1.29, 1.82) is 0 Å². The largest absolute Gasteiger partial charge is 0.292 e. The van der Waals surface area contributed by atoms with Crippen LogP contribution in [0.3, 0.4) is 0 Å². The van der Waals surface area contributed by atoms with Gasteiger partial charge in [-0.2, -0.15) is 5.10 Å².